The van der Waals surface area contributed by atoms with Gasteiger partial charge in [0.05, 0.1) is 10.8 Å². The van der Waals surface area contributed by atoms with E-state index in [0.717, 1.165) is 0 Å². The van der Waals surface area contributed by atoms with Gasteiger partial charge in [-0.2, -0.15) is 0 Å². The molecule has 0 aromatic carbocycles. The second kappa shape index (κ2) is 9.37. The van der Waals surface area contributed by atoms with E-state index < -0.39 is 72.0 Å². The van der Waals surface area contributed by atoms with E-state index in [-0.39, 0.29) is 0 Å². The molecule has 1 rings (SSSR count). The number of hydrogen-bond acceptors (Lipinski definition) is 8. The number of aliphatic hydroxyl groups is 1. The Morgan fingerprint density at radius 1 is 1.00 bits per heavy atom. The Morgan fingerprint density at radius 3 is 2.00 bits per heavy atom. The summed E-state index contributed by atoms with van der Waals surface area (Å²) in [4.78, 5) is 35.6. The van der Waals surface area contributed by atoms with E-state index in [2.05, 4.69) is 0 Å². The van der Waals surface area contributed by atoms with Crippen LogP contribution in [0.2, 0.25) is 0 Å². The lowest BCUT2D eigenvalue weighted by Gasteiger charge is -2.41. The molecule has 10 heteroatoms. The van der Waals surface area contributed by atoms with E-state index >= 15 is 4.39 Å². The fraction of sp³-hybridized carbons (Fsp3) is 0.833. The maximum Gasteiger partial charge on any atom is 0.321 e. The highest BCUT2D eigenvalue weighted by Gasteiger charge is 2.51. The van der Waals surface area contributed by atoms with Crippen molar-refractivity contribution in [3.8, 4) is 0 Å². The van der Waals surface area contributed by atoms with Crippen molar-refractivity contribution in [1.29, 1.82) is 0 Å². The molecular weight excluding hydrogens is 399 g/mol. The van der Waals surface area contributed by atoms with Crippen LogP contribution in [0.15, 0.2) is 0 Å². The molecule has 0 radical (unpaired) electrons. The Balaban J connectivity index is 3.01. The van der Waals surface area contributed by atoms with Crippen molar-refractivity contribution < 1.29 is 42.8 Å². The summed E-state index contributed by atoms with van der Waals surface area (Å²) in [6.45, 7) is 9.01. The summed E-state index contributed by atoms with van der Waals surface area (Å²) in [7, 11) is 0. The molecule has 1 heterocycles. The number of esters is 3. The number of carbonyl (C=O) groups excluding carboxylic acids is 3. The molecule has 5 atom stereocenters. The van der Waals surface area contributed by atoms with Gasteiger partial charge in [-0.1, -0.05) is 0 Å². The zero-order valence-electron chi connectivity index (χ0n) is 16.9. The van der Waals surface area contributed by atoms with Crippen LogP contribution in [0.4, 0.5) is 4.39 Å². The number of ether oxygens (including phenoxy) is 4. The molecule has 0 amide bonds. The Hall–Kier alpha value is -1.45. The first-order valence-electron chi connectivity index (χ1n) is 8.80. The van der Waals surface area contributed by atoms with Gasteiger partial charge in [-0.25, -0.2) is 4.39 Å². The third-order valence-electron chi connectivity index (χ3n) is 3.81. The molecule has 1 aliphatic heterocycles. The van der Waals surface area contributed by atoms with Crippen molar-refractivity contribution in [1.82, 2.24) is 0 Å². The van der Waals surface area contributed by atoms with Crippen molar-refractivity contribution >= 4 is 29.5 Å². The molecule has 0 bridgehead atoms. The second-order valence-corrected chi connectivity index (χ2v) is 8.83. The Bertz CT molecular complexity index is 583. The smallest absolute Gasteiger partial charge is 0.321 e. The SMILES string of the molecule is CC(C)(C)C(=O)OCC1OC(O)[C@H](OC(=O)CCl)[C@@H](OC(=O)C(C)(C)C)[C@H]1F. The molecule has 1 fully saturated rings. The Morgan fingerprint density at radius 2 is 1.54 bits per heavy atom. The lowest BCUT2D eigenvalue weighted by Crippen LogP contribution is -2.60. The van der Waals surface area contributed by atoms with Crippen LogP contribution in [0.5, 0.6) is 0 Å². The summed E-state index contributed by atoms with van der Waals surface area (Å²) in [6, 6.07) is 0. The van der Waals surface area contributed by atoms with Gasteiger partial charge in [-0.05, 0) is 41.5 Å². The Kier molecular flexibility index (Phi) is 8.22. The van der Waals surface area contributed by atoms with Gasteiger partial charge < -0.3 is 24.1 Å². The minimum atomic E-state index is -2.03. The largest absolute Gasteiger partial charge is 0.462 e. The third kappa shape index (κ3) is 6.56. The third-order valence-corrected chi connectivity index (χ3v) is 4.03. The van der Waals surface area contributed by atoms with Gasteiger partial charge in [0.2, 0.25) is 0 Å². The van der Waals surface area contributed by atoms with Gasteiger partial charge in [0.25, 0.3) is 0 Å². The summed E-state index contributed by atoms with van der Waals surface area (Å²) in [5.74, 6) is -2.87. The fourth-order valence-corrected chi connectivity index (χ4v) is 2.20. The molecular formula is C18H28ClFO8. The van der Waals surface area contributed by atoms with Gasteiger partial charge >= 0.3 is 17.9 Å². The number of aliphatic hydroxyl groups excluding tert-OH is 1. The molecule has 162 valence electrons. The van der Waals surface area contributed by atoms with Crippen molar-refractivity contribution in [3.05, 3.63) is 0 Å². The molecule has 1 aliphatic rings. The molecule has 0 aromatic rings. The Labute approximate surface area is 168 Å². The molecule has 28 heavy (non-hydrogen) atoms. The summed E-state index contributed by atoms with van der Waals surface area (Å²) in [5.41, 5.74) is -1.80. The van der Waals surface area contributed by atoms with E-state index in [1.165, 1.54) is 0 Å². The first kappa shape index (κ1) is 24.6. The monoisotopic (exact) mass is 426 g/mol. The summed E-state index contributed by atoms with van der Waals surface area (Å²) < 4.78 is 35.3. The van der Waals surface area contributed by atoms with Gasteiger partial charge in [-0.15, -0.1) is 11.6 Å². The predicted molar refractivity (Wildman–Crippen MR) is 96.1 cm³/mol. The normalized spacial score (nSPS) is 28.4. The van der Waals surface area contributed by atoms with Gasteiger partial charge in [0.1, 0.15) is 18.6 Å². The summed E-state index contributed by atoms with van der Waals surface area (Å²) >= 11 is 5.38. The van der Waals surface area contributed by atoms with Crippen LogP contribution in [0.1, 0.15) is 41.5 Å². The molecule has 1 N–H and O–H groups in total. The molecule has 0 aliphatic carbocycles. The van der Waals surface area contributed by atoms with Gasteiger partial charge in [0.15, 0.2) is 24.7 Å². The van der Waals surface area contributed by atoms with E-state index in [4.69, 9.17) is 30.5 Å². The van der Waals surface area contributed by atoms with Crippen LogP contribution < -0.4 is 0 Å². The van der Waals surface area contributed by atoms with Crippen LogP contribution >= 0.6 is 11.6 Å². The standard InChI is InChI=1S/C18H28ClFO8/c1-17(2,3)15(23)25-8-9-11(20)12(28-16(24)18(4,5)6)13(14(22)26-9)27-10(21)7-19/h9,11-14,22H,7-8H2,1-6H3/t9?,11-,12-,13+,14?/m0/s1. The maximum atomic E-state index is 15.1. The van der Waals surface area contributed by atoms with Crippen molar-refractivity contribution in [3.63, 3.8) is 0 Å². The maximum absolute atomic E-state index is 15.1. The second-order valence-electron chi connectivity index (χ2n) is 8.57. The molecule has 0 aromatic heterocycles. The average Bonchev–Trinajstić information content (AvgIpc) is 2.57. The zero-order valence-corrected chi connectivity index (χ0v) is 17.6. The highest BCUT2D eigenvalue weighted by Crippen LogP contribution is 2.30. The number of carbonyl (C=O) groups is 3. The molecule has 0 spiro atoms. The average molecular weight is 427 g/mol. The molecule has 1 saturated heterocycles. The van der Waals surface area contributed by atoms with Crippen LogP contribution in [-0.4, -0.2) is 66.3 Å². The van der Waals surface area contributed by atoms with Crippen molar-refractivity contribution in [2.45, 2.75) is 72.3 Å². The van der Waals surface area contributed by atoms with Gasteiger partial charge in [0, 0.05) is 0 Å². The van der Waals surface area contributed by atoms with Crippen LogP contribution in [0, 0.1) is 10.8 Å². The first-order valence-corrected chi connectivity index (χ1v) is 9.33. The van der Waals surface area contributed by atoms with E-state index in [1.807, 2.05) is 0 Å². The van der Waals surface area contributed by atoms with Crippen molar-refractivity contribution in [2.24, 2.45) is 10.8 Å². The van der Waals surface area contributed by atoms with E-state index in [9.17, 15) is 19.5 Å². The molecule has 0 saturated carbocycles. The quantitative estimate of drug-likeness (QED) is 0.402. The zero-order chi connectivity index (χ0) is 21.9. The van der Waals surface area contributed by atoms with Gasteiger partial charge in [-0.3, -0.25) is 14.4 Å². The first-order chi connectivity index (χ1) is 12.7. The lowest BCUT2D eigenvalue weighted by atomic mass is 9.95. The highest BCUT2D eigenvalue weighted by molar-refractivity contribution is 6.26. The topological polar surface area (TPSA) is 108 Å². The van der Waals surface area contributed by atoms with Crippen LogP contribution in [-0.2, 0) is 33.3 Å². The number of hydrogen-bond donors (Lipinski definition) is 1. The minimum absolute atomic E-state index is 0.520. The van der Waals surface area contributed by atoms with E-state index in [0.29, 0.717) is 0 Å². The highest BCUT2D eigenvalue weighted by atomic mass is 35.5. The summed E-state index contributed by atoms with van der Waals surface area (Å²) in [6.07, 6.45) is -8.56. The minimum Gasteiger partial charge on any atom is -0.462 e. The predicted octanol–water partition coefficient (Wildman–Crippen LogP) is 1.74. The molecule has 8 nitrogen and oxygen atoms in total. The number of rotatable bonds is 5. The van der Waals surface area contributed by atoms with Crippen LogP contribution in [0.25, 0.3) is 0 Å². The lowest BCUT2D eigenvalue weighted by molar-refractivity contribution is -0.285. The number of alkyl halides is 2. The fourth-order valence-electron chi connectivity index (χ4n) is 2.13. The van der Waals surface area contributed by atoms with Crippen LogP contribution in [0.3, 0.4) is 0 Å². The number of halogens is 2. The summed E-state index contributed by atoms with van der Waals surface area (Å²) in [5, 5.41) is 10.2. The van der Waals surface area contributed by atoms with E-state index in [1.54, 1.807) is 41.5 Å². The molecule has 2 unspecified atom stereocenters. The van der Waals surface area contributed by atoms with Crippen molar-refractivity contribution in [2.75, 3.05) is 12.5 Å².